The van der Waals surface area contributed by atoms with Crippen LogP contribution in [-0.2, 0) is 4.79 Å². The number of aromatic nitrogens is 3. The van der Waals surface area contributed by atoms with Crippen molar-refractivity contribution < 1.29 is 14.7 Å². The minimum atomic E-state index is -1.08. The van der Waals surface area contributed by atoms with Gasteiger partial charge in [-0.2, -0.15) is 0 Å². The average Bonchev–Trinajstić information content (AvgIpc) is 3.06. The molecule has 1 saturated heterocycles. The number of hydrogen-bond donors (Lipinski definition) is 2. The van der Waals surface area contributed by atoms with E-state index in [2.05, 4.69) is 15.6 Å². The lowest BCUT2D eigenvalue weighted by molar-refractivity contribution is -0.123. The quantitative estimate of drug-likeness (QED) is 0.718. The predicted octanol–water partition coefficient (Wildman–Crippen LogP) is -0.641. The first-order valence-electron chi connectivity index (χ1n) is 6.76. The number of carboxylic acid groups (broad SMARTS) is 1. The van der Waals surface area contributed by atoms with Crippen LogP contribution in [0.1, 0.15) is 29.4 Å². The summed E-state index contributed by atoms with van der Waals surface area (Å²) in [7, 11) is 0. The number of carboxylic acids is 1. The van der Waals surface area contributed by atoms with E-state index in [0.29, 0.717) is 25.6 Å². The summed E-state index contributed by atoms with van der Waals surface area (Å²) in [5.74, 6) is -0.334. The van der Waals surface area contributed by atoms with Gasteiger partial charge in [-0.15, -0.1) is 5.10 Å². The third kappa shape index (κ3) is 2.96. The van der Waals surface area contributed by atoms with E-state index in [4.69, 9.17) is 5.11 Å². The number of carbonyl (C=O) groups excluding carboxylic acids is 1. The Morgan fingerprint density at radius 3 is 2.75 bits per heavy atom. The molecule has 0 bridgehead atoms. The largest absolute Gasteiger partial charge is 0.476 e. The minimum Gasteiger partial charge on any atom is -0.476 e. The Hall–Kier alpha value is -1.96. The topological polar surface area (TPSA) is 100 Å². The van der Waals surface area contributed by atoms with Crippen LogP contribution >= 0.6 is 0 Å². The van der Waals surface area contributed by atoms with Crippen LogP contribution in [0.3, 0.4) is 0 Å². The van der Waals surface area contributed by atoms with Crippen molar-refractivity contribution in [2.75, 3.05) is 26.2 Å². The van der Waals surface area contributed by atoms with E-state index in [1.807, 2.05) is 4.90 Å². The summed E-state index contributed by atoms with van der Waals surface area (Å²) in [5, 5.41) is 19.1. The molecule has 2 heterocycles. The van der Waals surface area contributed by atoms with Gasteiger partial charge in [0.15, 0.2) is 5.69 Å². The standard InChI is InChI=1S/C12H17N5O3/c18-11(13-3-8-1-2-8)7-16-4-9(5-16)17-6-10(12(19)20)14-15-17/h6,8-9H,1-5,7H2,(H,13,18)(H,19,20). The molecule has 0 spiro atoms. The van der Waals surface area contributed by atoms with Gasteiger partial charge >= 0.3 is 5.97 Å². The van der Waals surface area contributed by atoms with Crippen molar-refractivity contribution in [1.29, 1.82) is 0 Å². The van der Waals surface area contributed by atoms with Gasteiger partial charge in [-0.25, -0.2) is 9.48 Å². The van der Waals surface area contributed by atoms with Crippen LogP contribution in [-0.4, -0.2) is 63.1 Å². The van der Waals surface area contributed by atoms with Crippen molar-refractivity contribution in [2.24, 2.45) is 5.92 Å². The van der Waals surface area contributed by atoms with Gasteiger partial charge in [-0.3, -0.25) is 9.69 Å². The first kappa shape index (κ1) is 13.0. The lowest BCUT2D eigenvalue weighted by Gasteiger charge is -2.38. The monoisotopic (exact) mass is 279 g/mol. The van der Waals surface area contributed by atoms with Crippen LogP contribution in [0.15, 0.2) is 6.20 Å². The number of carbonyl (C=O) groups is 2. The number of amides is 1. The number of likely N-dealkylation sites (tertiary alicyclic amines) is 1. The van der Waals surface area contributed by atoms with Crippen LogP contribution in [0, 0.1) is 5.92 Å². The summed E-state index contributed by atoms with van der Waals surface area (Å²) in [5.41, 5.74) is -0.0503. The highest BCUT2D eigenvalue weighted by atomic mass is 16.4. The van der Waals surface area contributed by atoms with Crippen molar-refractivity contribution in [3.8, 4) is 0 Å². The van der Waals surface area contributed by atoms with E-state index in [9.17, 15) is 9.59 Å². The fourth-order valence-corrected chi connectivity index (χ4v) is 2.23. The van der Waals surface area contributed by atoms with E-state index < -0.39 is 5.97 Å². The number of hydrogen-bond acceptors (Lipinski definition) is 5. The molecule has 8 nitrogen and oxygen atoms in total. The molecule has 1 amide bonds. The number of aromatic carboxylic acids is 1. The molecular weight excluding hydrogens is 262 g/mol. The van der Waals surface area contributed by atoms with Gasteiger partial charge in [-0.1, -0.05) is 5.21 Å². The molecule has 2 fully saturated rings. The first-order valence-corrected chi connectivity index (χ1v) is 6.76. The van der Waals surface area contributed by atoms with Crippen LogP contribution in [0.4, 0.5) is 0 Å². The minimum absolute atomic E-state index is 0.0503. The first-order chi connectivity index (χ1) is 9.61. The van der Waals surface area contributed by atoms with Gasteiger partial charge in [-0.05, 0) is 18.8 Å². The molecule has 2 N–H and O–H groups in total. The maximum Gasteiger partial charge on any atom is 0.358 e. The molecule has 1 aromatic rings. The summed E-state index contributed by atoms with van der Waals surface area (Å²) in [6.07, 6.45) is 3.88. The third-order valence-electron chi connectivity index (χ3n) is 3.69. The fraction of sp³-hybridized carbons (Fsp3) is 0.667. The third-order valence-corrected chi connectivity index (χ3v) is 3.69. The van der Waals surface area contributed by atoms with Crippen LogP contribution in [0.2, 0.25) is 0 Å². The van der Waals surface area contributed by atoms with Gasteiger partial charge in [0.25, 0.3) is 0 Å². The van der Waals surface area contributed by atoms with E-state index in [-0.39, 0.29) is 17.6 Å². The number of nitrogens with one attached hydrogen (secondary N) is 1. The molecule has 1 saturated carbocycles. The van der Waals surface area contributed by atoms with Crippen molar-refractivity contribution in [2.45, 2.75) is 18.9 Å². The normalized spacial score (nSPS) is 19.6. The molecule has 1 aliphatic heterocycles. The Bertz CT molecular complexity index is 519. The van der Waals surface area contributed by atoms with Crippen LogP contribution in [0.25, 0.3) is 0 Å². The van der Waals surface area contributed by atoms with Crippen LogP contribution in [0.5, 0.6) is 0 Å². The Balaban J connectivity index is 1.41. The predicted molar refractivity (Wildman–Crippen MR) is 68.2 cm³/mol. The molecule has 108 valence electrons. The average molecular weight is 279 g/mol. The molecule has 3 rings (SSSR count). The van der Waals surface area contributed by atoms with Crippen molar-refractivity contribution in [1.82, 2.24) is 25.2 Å². The zero-order chi connectivity index (χ0) is 14.1. The lowest BCUT2D eigenvalue weighted by Crippen LogP contribution is -2.51. The second-order valence-corrected chi connectivity index (χ2v) is 5.48. The summed E-state index contributed by atoms with van der Waals surface area (Å²) >= 11 is 0. The van der Waals surface area contributed by atoms with E-state index >= 15 is 0 Å². The fourth-order valence-electron chi connectivity index (χ4n) is 2.23. The second-order valence-electron chi connectivity index (χ2n) is 5.48. The molecule has 0 atom stereocenters. The van der Waals surface area contributed by atoms with Gasteiger partial charge in [0.1, 0.15) is 0 Å². The molecule has 2 aliphatic rings. The highest BCUT2D eigenvalue weighted by Crippen LogP contribution is 2.27. The lowest BCUT2D eigenvalue weighted by atomic mass is 10.1. The van der Waals surface area contributed by atoms with Gasteiger partial charge < -0.3 is 10.4 Å². The van der Waals surface area contributed by atoms with Crippen molar-refractivity contribution in [3.05, 3.63) is 11.9 Å². The zero-order valence-corrected chi connectivity index (χ0v) is 11.0. The molecular formula is C12H17N5O3. The molecule has 1 aliphatic carbocycles. The maximum atomic E-state index is 11.6. The molecule has 1 aromatic heterocycles. The summed E-state index contributed by atoms with van der Waals surface area (Å²) in [4.78, 5) is 24.4. The SMILES string of the molecule is O=C(CN1CC(n2cc(C(=O)O)nn2)C1)NCC1CC1. The Morgan fingerprint density at radius 1 is 1.40 bits per heavy atom. The molecule has 0 unspecified atom stereocenters. The smallest absolute Gasteiger partial charge is 0.358 e. The highest BCUT2D eigenvalue weighted by molar-refractivity contribution is 5.84. The molecule has 20 heavy (non-hydrogen) atoms. The number of rotatable bonds is 6. The van der Waals surface area contributed by atoms with E-state index in [1.165, 1.54) is 19.0 Å². The Kier molecular flexibility index (Phi) is 3.39. The van der Waals surface area contributed by atoms with Gasteiger partial charge in [0, 0.05) is 19.6 Å². The summed E-state index contributed by atoms with van der Waals surface area (Å²) in [6, 6.07) is 0.104. The van der Waals surface area contributed by atoms with Crippen molar-refractivity contribution >= 4 is 11.9 Å². The van der Waals surface area contributed by atoms with Gasteiger partial charge in [0.2, 0.25) is 5.91 Å². The molecule has 0 aromatic carbocycles. The zero-order valence-electron chi connectivity index (χ0n) is 11.0. The highest BCUT2D eigenvalue weighted by Gasteiger charge is 2.31. The van der Waals surface area contributed by atoms with E-state index in [1.54, 1.807) is 4.68 Å². The van der Waals surface area contributed by atoms with Crippen LogP contribution < -0.4 is 5.32 Å². The van der Waals surface area contributed by atoms with E-state index in [0.717, 1.165) is 6.54 Å². The Morgan fingerprint density at radius 2 is 2.15 bits per heavy atom. The molecule has 8 heteroatoms. The molecule has 0 radical (unpaired) electrons. The Labute approximate surface area is 115 Å². The summed E-state index contributed by atoms with van der Waals surface area (Å²) in [6.45, 7) is 2.57. The van der Waals surface area contributed by atoms with Gasteiger partial charge in [0.05, 0.1) is 18.8 Å². The summed E-state index contributed by atoms with van der Waals surface area (Å²) < 4.78 is 1.56. The second kappa shape index (κ2) is 5.20. The maximum absolute atomic E-state index is 11.6. The number of nitrogens with zero attached hydrogens (tertiary/aromatic N) is 4. The van der Waals surface area contributed by atoms with Crippen molar-refractivity contribution in [3.63, 3.8) is 0 Å².